The van der Waals surface area contributed by atoms with Gasteiger partial charge in [-0.05, 0) is 48.9 Å². The fraction of sp³-hybridized carbons (Fsp3) is 0.316. The zero-order valence-electron chi connectivity index (χ0n) is 12.7. The Morgan fingerprint density at radius 2 is 1.91 bits per heavy atom. The highest BCUT2D eigenvalue weighted by Crippen LogP contribution is 2.34. The van der Waals surface area contributed by atoms with Crippen LogP contribution in [0.3, 0.4) is 0 Å². The number of rotatable bonds is 3. The summed E-state index contributed by atoms with van der Waals surface area (Å²) in [5, 5.41) is 3.12. The lowest BCUT2D eigenvalue weighted by atomic mass is 9.77. The minimum atomic E-state index is -0.364. The molecule has 22 heavy (non-hydrogen) atoms. The second-order valence-electron chi connectivity index (χ2n) is 6.16. The fourth-order valence-electron chi connectivity index (χ4n) is 3.34. The molecule has 2 nitrogen and oxygen atoms in total. The molecule has 0 saturated heterocycles. The van der Waals surface area contributed by atoms with Crippen molar-refractivity contribution in [3.63, 3.8) is 0 Å². The third-order valence-electron chi connectivity index (χ3n) is 4.46. The SMILES string of the molecule is C[C@@]1(NC(=O)Cc2ccccc2F)CCCc2ccccc21. The first-order valence-electron chi connectivity index (χ1n) is 7.71. The van der Waals surface area contributed by atoms with E-state index in [2.05, 4.69) is 24.4 Å². The maximum Gasteiger partial charge on any atom is 0.225 e. The highest BCUT2D eigenvalue weighted by atomic mass is 19.1. The summed E-state index contributed by atoms with van der Waals surface area (Å²) < 4.78 is 13.7. The van der Waals surface area contributed by atoms with Crippen molar-refractivity contribution in [1.29, 1.82) is 0 Å². The van der Waals surface area contributed by atoms with Gasteiger partial charge in [0.05, 0.1) is 12.0 Å². The predicted octanol–water partition coefficient (Wildman–Crippen LogP) is 3.74. The van der Waals surface area contributed by atoms with Gasteiger partial charge in [0, 0.05) is 0 Å². The Bertz CT molecular complexity index is 697. The van der Waals surface area contributed by atoms with Crippen LogP contribution in [0, 0.1) is 5.82 Å². The Kier molecular flexibility index (Phi) is 3.97. The zero-order valence-corrected chi connectivity index (χ0v) is 12.7. The topological polar surface area (TPSA) is 29.1 Å². The number of halogens is 1. The summed E-state index contributed by atoms with van der Waals surface area (Å²) in [5.41, 5.74) is 2.55. The minimum absolute atomic E-state index is 0.0738. The summed E-state index contributed by atoms with van der Waals surface area (Å²) in [5.74, 6) is -0.462. The summed E-state index contributed by atoms with van der Waals surface area (Å²) in [7, 11) is 0. The van der Waals surface area contributed by atoms with E-state index in [1.165, 1.54) is 17.2 Å². The molecule has 0 aromatic heterocycles. The lowest BCUT2D eigenvalue weighted by molar-refractivity contribution is -0.122. The normalized spacial score (nSPS) is 20.3. The Balaban J connectivity index is 1.78. The molecule has 0 bridgehead atoms. The molecule has 1 atom stereocenters. The molecule has 0 spiro atoms. The minimum Gasteiger partial charge on any atom is -0.347 e. The highest BCUT2D eigenvalue weighted by molar-refractivity contribution is 5.79. The van der Waals surface area contributed by atoms with Gasteiger partial charge in [0.25, 0.3) is 0 Å². The third-order valence-corrected chi connectivity index (χ3v) is 4.46. The van der Waals surface area contributed by atoms with Crippen molar-refractivity contribution in [2.75, 3.05) is 0 Å². The quantitative estimate of drug-likeness (QED) is 0.919. The van der Waals surface area contributed by atoms with Crippen LogP contribution in [0.5, 0.6) is 0 Å². The number of nitrogens with one attached hydrogen (secondary N) is 1. The summed E-state index contributed by atoms with van der Waals surface area (Å²) in [6, 6.07) is 14.7. The lowest BCUT2D eigenvalue weighted by Gasteiger charge is -2.37. The second kappa shape index (κ2) is 5.91. The van der Waals surface area contributed by atoms with Gasteiger partial charge < -0.3 is 5.32 Å². The molecule has 1 aliphatic rings. The van der Waals surface area contributed by atoms with Crippen molar-refractivity contribution in [2.45, 2.75) is 38.1 Å². The van der Waals surface area contributed by atoms with E-state index in [0.717, 1.165) is 19.3 Å². The van der Waals surface area contributed by atoms with Gasteiger partial charge in [-0.15, -0.1) is 0 Å². The van der Waals surface area contributed by atoms with Crippen LogP contribution >= 0.6 is 0 Å². The number of fused-ring (bicyclic) bond motifs is 1. The van der Waals surface area contributed by atoms with Crippen LogP contribution < -0.4 is 5.32 Å². The molecule has 2 aromatic rings. The molecule has 0 fully saturated rings. The van der Waals surface area contributed by atoms with E-state index in [9.17, 15) is 9.18 Å². The smallest absolute Gasteiger partial charge is 0.225 e. The zero-order chi connectivity index (χ0) is 15.6. The van der Waals surface area contributed by atoms with Crippen LogP contribution in [0.4, 0.5) is 4.39 Å². The summed E-state index contributed by atoms with van der Waals surface area (Å²) >= 11 is 0. The van der Waals surface area contributed by atoms with Crippen molar-refractivity contribution in [3.8, 4) is 0 Å². The molecule has 0 heterocycles. The number of carbonyl (C=O) groups excluding carboxylic acids is 1. The first kappa shape index (κ1) is 14.8. The Hall–Kier alpha value is -2.16. The van der Waals surface area contributed by atoms with Crippen LogP contribution in [0.15, 0.2) is 48.5 Å². The van der Waals surface area contributed by atoms with E-state index in [-0.39, 0.29) is 23.7 Å². The van der Waals surface area contributed by atoms with Crippen LogP contribution in [-0.2, 0) is 23.2 Å². The average Bonchev–Trinajstić information content (AvgIpc) is 2.50. The maximum absolute atomic E-state index is 13.7. The summed E-state index contributed by atoms with van der Waals surface area (Å²) in [6.45, 7) is 2.06. The Morgan fingerprint density at radius 1 is 1.18 bits per heavy atom. The van der Waals surface area contributed by atoms with Gasteiger partial charge in [0.2, 0.25) is 5.91 Å². The van der Waals surface area contributed by atoms with E-state index in [1.807, 2.05) is 12.1 Å². The molecule has 0 unspecified atom stereocenters. The molecule has 2 aromatic carbocycles. The molecule has 1 N–H and O–H groups in total. The third kappa shape index (κ3) is 2.89. The van der Waals surface area contributed by atoms with Crippen LogP contribution in [0.2, 0.25) is 0 Å². The van der Waals surface area contributed by atoms with Crippen molar-refractivity contribution in [2.24, 2.45) is 0 Å². The number of aryl methyl sites for hydroxylation is 1. The van der Waals surface area contributed by atoms with Crippen molar-refractivity contribution in [3.05, 3.63) is 71.0 Å². The molecular formula is C19H20FNO. The number of hydrogen-bond donors (Lipinski definition) is 1. The van der Waals surface area contributed by atoms with Crippen LogP contribution in [0.1, 0.15) is 36.5 Å². The standard InChI is InChI=1S/C19H20FNO/c1-19(12-6-9-14-7-2-4-10-16(14)19)21-18(22)13-15-8-3-5-11-17(15)20/h2-5,7-8,10-11H,6,9,12-13H2,1H3,(H,21,22)/t19-/m1/s1. The Labute approximate surface area is 130 Å². The van der Waals surface area contributed by atoms with E-state index in [4.69, 9.17) is 0 Å². The first-order chi connectivity index (χ1) is 10.6. The number of carbonyl (C=O) groups is 1. The van der Waals surface area contributed by atoms with Gasteiger partial charge >= 0.3 is 0 Å². The molecule has 3 heteroatoms. The molecule has 0 radical (unpaired) electrons. The van der Waals surface area contributed by atoms with Gasteiger partial charge in [0.1, 0.15) is 5.82 Å². The number of hydrogen-bond acceptors (Lipinski definition) is 1. The predicted molar refractivity (Wildman–Crippen MR) is 85.0 cm³/mol. The second-order valence-corrected chi connectivity index (χ2v) is 6.16. The van der Waals surface area contributed by atoms with E-state index in [0.29, 0.717) is 5.56 Å². The van der Waals surface area contributed by atoms with Gasteiger partial charge in [-0.3, -0.25) is 4.79 Å². The number of amides is 1. The molecule has 114 valence electrons. The first-order valence-corrected chi connectivity index (χ1v) is 7.71. The van der Waals surface area contributed by atoms with Gasteiger partial charge in [0.15, 0.2) is 0 Å². The molecule has 0 saturated carbocycles. The lowest BCUT2D eigenvalue weighted by Crippen LogP contribution is -2.46. The van der Waals surface area contributed by atoms with E-state index < -0.39 is 0 Å². The molecule has 0 aliphatic heterocycles. The largest absolute Gasteiger partial charge is 0.347 e. The van der Waals surface area contributed by atoms with Gasteiger partial charge in [-0.25, -0.2) is 4.39 Å². The average molecular weight is 297 g/mol. The van der Waals surface area contributed by atoms with Gasteiger partial charge in [-0.2, -0.15) is 0 Å². The van der Waals surface area contributed by atoms with Crippen LogP contribution in [-0.4, -0.2) is 5.91 Å². The Morgan fingerprint density at radius 3 is 2.73 bits per heavy atom. The van der Waals surface area contributed by atoms with Gasteiger partial charge in [-0.1, -0.05) is 42.5 Å². The highest BCUT2D eigenvalue weighted by Gasteiger charge is 2.33. The van der Waals surface area contributed by atoms with Crippen molar-refractivity contribution >= 4 is 5.91 Å². The van der Waals surface area contributed by atoms with Crippen molar-refractivity contribution in [1.82, 2.24) is 5.32 Å². The summed E-state index contributed by atoms with van der Waals surface area (Å²) in [4.78, 5) is 12.4. The van der Waals surface area contributed by atoms with E-state index in [1.54, 1.807) is 18.2 Å². The van der Waals surface area contributed by atoms with E-state index >= 15 is 0 Å². The van der Waals surface area contributed by atoms with Crippen molar-refractivity contribution < 1.29 is 9.18 Å². The van der Waals surface area contributed by atoms with Crippen LogP contribution in [0.25, 0.3) is 0 Å². The number of benzene rings is 2. The molecule has 1 aliphatic carbocycles. The fourth-order valence-corrected chi connectivity index (χ4v) is 3.34. The monoisotopic (exact) mass is 297 g/mol. The molecule has 3 rings (SSSR count). The summed E-state index contributed by atoms with van der Waals surface area (Å²) in [6.07, 6.45) is 3.08. The maximum atomic E-state index is 13.7. The molecular weight excluding hydrogens is 277 g/mol. The molecule has 1 amide bonds.